The van der Waals surface area contributed by atoms with E-state index in [0.717, 1.165) is 56.7 Å². The number of ether oxygens (including phenoxy) is 2. The molecule has 8 rings (SSSR count). The Balaban J connectivity index is 1.22. The third-order valence-electron chi connectivity index (χ3n) is 14.3. The molecule has 3 amide bonds. The molecule has 3 aliphatic heterocycles. The number of amides is 3. The van der Waals surface area contributed by atoms with Crippen molar-refractivity contribution in [2.75, 3.05) is 26.8 Å². The Hall–Kier alpha value is -4.92. The Kier molecular flexibility index (Phi) is 13.4. The summed E-state index contributed by atoms with van der Waals surface area (Å²) in [6, 6.07) is 17.7. The minimum atomic E-state index is -3.41. The SMILES string of the molecule is C=CC(=O)N1C[C@@H]([C](=O)[In]([CH3])[C@H](C(=O)N=C2Cc3cccc(c3)-c3ccc4c(c3)c3c(n4CC)-c4cccnc4[C@@H](OC)C3C(C)(C)COC(=O)[C@@H]3CCCN(N3)C2=O)C(C)C)C[C@@H]1C. The number of benzene rings is 2. The molecule has 2 fully saturated rings. The molecule has 5 heterocycles. The molecule has 4 aromatic rings. The molecule has 1 aliphatic carbocycles. The van der Waals surface area contributed by atoms with Gasteiger partial charge in [-0.05, 0) is 19.1 Å². The van der Waals surface area contributed by atoms with E-state index in [9.17, 15) is 24.0 Å². The van der Waals surface area contributed by atoms with Crippen molar-refractivity contribution in [1.82, 2.24) is 24.9 Å². The van der Waals surface area contributed by atoms with E-state index in [1.54, 1.807) is 18.2 Å². The van der Waals surface area contributed by atoms with Crippen LogP contribution < -0.4 is 5.43 Å². The summed E-state index contributed by atoms with van der Waals surface area (Å²) >= 11 is -3.41. The zero-order valence-electron chi connectivity index (χ0n) is 38.9. The van der Waals surface area contributed by atoms with Gasteiger partial charge in [-0.1, -0.05) is 13.8 Å². The summed E-state index contributed by atoms with van der Waals surface area (Å²) in [5, 5.41) is 2.47. The molecule has 340 valence electrons. The maximum atomic E-state index is 14.7. The molecule has 6 bridgehead atoms. The van der Waals surface area contributed by atoms with Gasteiger partial charge >= 0.3 is 296 Å². The van der Waals surface area contributed by atoms with Crippen LogP contribution in [0, 0.1) is 17.3 Å². The predicted molar refractivity (Wildman–Crippen MR) is 252 cm³/mol. The molecule has 0 saturated carbocycles. The number of carbonyl (C=O) groups is 5. The first-order valence-electron chi connectivity index (χ1n) is 23.1. The van der Waals surface area contributed by atoms with Crippen molar-refractivity contribution < 1.29 is 33.4 Å². The standard InChI is InChI=1S/C41H46N5O5.C9H12NO2.CH3.In/c1-7-45-32-16-15-27-22-29(32)34-35(38(50-6)36-28(37(34)45)13-9-17-42-36)41(4,5)23-51-40(49)30-14-10-18-46(44-30)39(48)31(43-33(47)19-24(2)3)21-25-11-8-12-26(27)20-25;1-3-9(12)10-5-8(6-11)4-7(10)2;;/h8-9,11-13,15-17,19-20,22,24,30,35,38,44H,7,10,14,18,21,23H2,1-6H3;3,7-8H,1,4-5H2,2H3;1H3;/t30-,35?,38-;7-,8-;;/m00../s1. The number of nitrogens with zero attached hydrogens (tertiary/aromatic N) is 5. The molecule has 2 aromatic heterocycles. The van der Waals surface area contributed by atoms with Gasteiger partial charge < -0.3 is 9.30 Å². The van der Waals surface area contributed by atoms with Gasteiger partial charge in [-0.2, -0.15) is 0 Å². The number of fused-ring (bicyclic) bond motifs is 8. The van der Waals surface area contributed by atoms with Crippen molar-refractivity contribution in [2.24, 2.45) is 22.2 Å². The summed E-state index contributed by atoms with van der Waals surface area (Å²) < 4.78 is 16.4. The molecule has 4 aliphatic rings. The molecular formula is C51H61InN6O7. The number of carbonyl (C=O) groups excluding carboxylic acids is 5. The fourth-order valence-electron chi connectivity index (χ4n) is 11.1. The minimum absolute atomic E-state index is 0.0371. The monoisotopic (exact) mass is 984 g/mol. The van der Waals surface area contributed by atoms with Gasteiger partial charge in [-0.3, -0.25) is 4.98 Å². The van der Waals surface area contributed by atoms with E-state index in [0.29, 0.717) is 32.4 Å². The number of esters is 1. The summed E-state index contributed by atoms with van der Waals surface area (Å²) in [5.41, 5.74) is 10.4. The number of nitrogens with one attached hydrogen (secondary N) is 1. The van der Waals surface area contributed by atoms with E-state index in [2.05, 4.69) is 72.7 Å². The average Bonchev–Trinajstić information content (AvgIpc) is 3.86. The second-order valence-corrected chi connectivity index (χ2v) is 27.6. The van der Waals surface area contributed by atoms with Crippen LogP contribution in [-0.2, 0) is 46.4 Å². The van der Waals surface area contributed by atoms with Gasteiger partial charge in [0.05, 0.1) is 11.4 Å². The fraction of sp³-hybridized carbons (Fsp3) is 0.471. The van der Waals surface area contributed by atoms with E-state index in [1.807, 2.05) is 49.7 Å². The van der Waals surface area contributed by atoms with Gasteiger partial charge in [0.1, 0.15) is 6.10 Å². The van der Waals surface area contributed by atoms with E-state index in [1.165, 1.54) is 11.1 Å². The normalized spacial score (nSPS) is 24.1. The molecule has 14 heteroatoms. The third kappa shape index (κ3) is 8.66. The van der Waals surface area contributed by atoms with E-state index in [4.69, 9.17) is 14.5 Å². The topological polar surface area (TPSA) is 152 Å². The number of pyridine rings is 1. The van der Waals surface area contributed by atoms with Crippen molar-refractivity contribution in [3.05, 3.63) is 90.3 Å². The number of aliphatic imine (C=N–C) groups is 1. The summed E-state index contributed by atoms with van der Waals surface area (Å²) in [6.45, 7) is 17.2. The molecule has 0 radical (unpaired) electrons. The Morgan fingerprint density at radius 1 is 1.11 bits per heavy atom. The number of hydrazine groups is 1. The molecule has 0 spiro atoms. The van der Waals surface area contributed by atoms with E-state index >= 15 is 0 Å². The number of methoxy groups -OCH3 is 1. The van der Waals surface area contributed by atoms with Gasteiger partial charge in [0, 0.05) is 31.3 Å². The number of cyclic esters (lactones) is 1. The number of rotatable bonds is 8. The molecule has 1 unspecified atom stereocenters. The second-order valence-electron chi connectivity index (χ2n) is 19.4. The van der Waals surface area contributed by atoms with Crippen molar-refractivity contribution in [3.63, 3.8) is 0 Å². The fourth-order valence-corrected chi connectivity index (χ4v) is 19.7. The van der Waals surface area contributed by atoms with Crippen LogP contribution in [0.15, 0.2) is 78.4 Å². The van der Waals surface area contributed by atoms with Crippen LogP contribution in [0.4, 0.5) is 0 Å². The van der Waals surface area contributed by atoms with Crippen LogP contribution in [0.5, 0.6) is 0 Å². The molecule has 1 N–H and O–H groups in total. The van der Waals surface area contributed by atoms with Crippen LogP contribution in [0.1, 0.15) is 89.6 Å². The van der Waals surface area contributed by atoms with Gasteiger partial charge in [-0.15, -0.1) is 0 Å². The summed E-state index contributed by atoms with van der Waals surface area (Å²) in [5.74, 6) is -2.42. The van der Waals surface area contributed by atoms with E-state index in [-0.39, 0.29) is 52.0 Å². The van der Waals surface area contributed by atoms with Crippen molar-refractivity contribution in [2.45, 2.75) is 106 Å². The molecule has 2 saturated heterocycles. The van der Waals surface area contributed by atoms with Gasteiger partial charge in [0.15, 0.2) is 0 Å². The first kappa shape index (κ1) is 46.6. The quantitative estimate of drug-likeness (QED) is 0.140. The number of hydrogen-bond acceptors (Lipinski definition) is 9. The number of aromatic nitrogens is 2. The number of hydrogen-bond donors (Lipinski definition) is 1. The first-order valence-corrected chi connectivity index (χ1v) is 30.0. The van der Waals surface area contributed by atoms with Gasteiger partial charge in [0.25, 0.3) is 0 Å². The maximum absolute atomic E-state index is 14.7. The van der Waals surface area contributed by atoms with Crippen LogP contribution in [0.2, 0.25) is 8.35 Å². The van der Waals surface area contributed by atoms with Crippen LogP contribution in [0.3, 0.4) is 0 Å². The summed E-state index contributed by atoms with van der Waals surface area (Å²) in [7, 11) is 1.71. The molecule has 13 nitrogen and oxygen atoms in total. The molecule has 2 aromatic carbocycles. The second kappa shape index (κ2) is 18.8. The Morgan fingerprint density at radius 3 is 2.60 bits per heavy atom. The van der Waals surface area contributed by atoms with Gasteiger partial charge in [-0.25, -0.2) is 0 Å². The molecule has 6 atom stereocenters. The number of likely N-dealkylation sites (tertiary alicyclic amines) is 1. The van der Waals surface area contributed by atoms with Crippen molar-refractivity contribution in [3.8, 4) is 22.4 Å². The Labute approximate surface area is 389 Å². The average molecular weight is 985 g/mol. The number of aryl methyl sites for hydroxylation is 1. The zero-order chi connectivity index (χ0) is 46.5. The van der Waals surface area contributed by atoms with E-state index < -0.39 is 60.5 Å². The van der Waals surface area contributed by atoms with Crippen molar-refractivity contribution >= 4 is 65.3 Å². The summed E-state index contributed by atoms with van der Waals surface area (Å²) in [4.78, 5) is 81.4. The van der Waals surface area contributed by atoms with Crippen LogP contribution in [-0.4, -0.2) is 113 Å². The first-order chi connectivity index (χ1) is 31.1. The van der Waals surface area contributed by atoms with Crippen LogP contribution in [0.25, 0.3) is 33.3 Å². The predicted octanol–water partition coefficient (Wildman–Crippen LogP) is 7.45. The molecule has 65 heavy (non-hydrogen) atoms. The summed E-state index contributed by atoms with van der Waals surface area (Å²) in [6.07, 6.45) is 4.22. The Morgan fingerprint density at radius 2 is 1.88 bits per heavy atom. The van der Waals surface area contributed by atoms with Gasteiger partial charge in [0.2, 0.25) is 0 Å². The van der Waals surface area contributed by atoms with Crippen molar-refractivity contribution in [1.29, 1.82) is 0 Å². The zero-order valence-corrected chi connectivity index (χ0v) is 42.2. The molecular weight excluding hydrogens is 923 g/mol. The Bertz CT molecular complexity index is 2600. The third-order valence-corrected chi connectivity index (χ3v) is 24.3. The van der Waals surface area contributed by atoms with Crippen LogP contribution >= 0.6 is 0 Å².